The van der Waals surface area contributed by atoms with Gasteiger partial charge in [0.15, 0.2) is 0 Å². The van der Waals surface area contributed by atoms with E-state index < -0.39 is 11.9 Å². The van der Waals surface area contributed by atoms with Crippen molar-refractivity contribution >= 4 is 33.6 Å². The Bertz CT molecular complexity index is 1250. The van der Waals surface area contributed by atoms with E-state index >= 15 is 0 Å². The summed E-state index contributed by atoms with van der Waals surface area (Å²) in [4.78, 5) is 30.0. The number of rotatable bonds is 5. The van der Waals surface area contributed by atoms with Gasteiger partial charge >= 0.3 is 0 Å². The molecule has 0 bridgehead atoms. The summed E-state index contributed by atoms with van der Waals surface area (Å²) in [6, 6.07) is 22.8. The Hall–Kier alpha value is -4.24. The quantitative estimate of drug-likeness (QED) is 0.507. The number of fused-ring (bicyclic) bond motifs is 2. The molecular weight excluding hydrogens is 376 g/mol. The standard InChI is InChI=1S/C24H18N4O2/c25-14-16-11-9-15(10-12-16)13-21(23(26)29)28-24(30)22-17-5-1-3-7-19(17)27-20-8-4-2-6-18(20)22/h1-12,21H,13H2,(H2,26,29)(H,28,30)/t21-/m0/s1. The number of carbonyl (C=O) groups excluding carboxylic acids is 2. The molecule has 0 saturated heterocycles. The van der Waals surface area contributed by atoms with Gasteiger partial charge in [0.2, 0.25) is 5.91 Å². The molecule has 0 aliphatic heterocycles. The molecule has 0 spiro atoms. The van der Waals surface area contributed by atoms with Crippen molar-refractivity contribution in [3.8, 4) is 6.07 Å². The van der Waals surface area contributed by atoms with Crippen LogP contribution in [0.2, 0.25) is 0 Å². The number of amides is 2. The second kappa shape index (κ2) is 8.02. The molecule has 4 rings (SSSR count). The van der Waals surface area contributed by atoms with Gasteiger partial charge in [-0.2, -0.15) is 5.26 Å². The van der Waals surface area contributed by atoms with E-state index in [9.17, 15) is 9.59 Å². The normalized spacial score (nSPS) is 11.7. The van der Waals surface area contributed by atoms with Crippen LogP contribution in [0.5, 0.6) is 0 Å². The molecule has 0 aliphatic rings. The maximum absolute atomic E-state index is 13.3. The van der Waals surface area contributed by atoms with Gasteiger partial charge in [0.1, 0.15) is 6.04 Å². The van der Waals surface area contributed by atoms with Gasteiger partial charge in [-0.05, 0) is 29.8 Å². The van der Waals surface area contributed by atoms with Gasteiger partial charge in [-0.1, -0.05) is 48.5 Å². The minimum Gasteiger partial charge on any atom is -0.368 e. The number of aromatic nitrogens is 1. The van der Waals surface area contributed by atoms with E-state index in [1.54, 1.807) is 24.3 Å². The van der Waals surface area contributed by atoms with Gasteiger partial charge in [0.05, 0.1) is 28.2 Å². The maximum atomic E-state index is 13.3. The Labute approximate surface area is 173 Å². The van der Waals surface area contributed by atoms with E-state index in [1.165, 1.54) is 0 Å². The number of hydrogen-bond donors (Lipinski definition) is 2. The summed E-state index contributed by atoms with van der Waals surface area (Å²) in [6.07, 6.45) is 0.230. The van der Waals surface area contributed by atoms with Crippen molar-refractivity contribution in [3.05, 3.63) is 89.5 Å². The predicted molar refractivity (Wildman–Crippen MR) is 115 cm³/mol. The number of nitriles is 1. The molecule has 2 amide bonds. The number of nitrogens with one attached hydrogen (secondary N) is 1. The maximum Gasteiger partial charge on any atom is 0.253 e. The van der Waals surface area contributed by atoms with E-state index in [1.807, 2.05) is 48.5 Å². The summed E-state index contributed by atoms with van der Waals surface area (Å²) in [7, 11) is 0. The van der Waals surface area contributed by atoms with Crippen molar-refractivity contribution in [3.63, 3.8) is 0 Å². The zero-order valence-electron chi connectivity index (χ0n) is 16.0. The van der Waals surface area contributed by atoms with E-state index in [2.05, 4.69) is 16.4 Å². The Morgan fingerprint density at radius 2 is 1.50 bits per heavy atom. The van der Waals surface area contributed by atoms with Crippen molar-refractivity contribution in [2.45, 2.75) is 12.5 Å². The fourth-order valence-corrected chi connectivity index (χ4v) is 3.49. The molecule has 30 heavy (non-hydrogen) atoms. The van der Waals surface area contributed by atoms with Crippen LogP contribution in [-0.2, 0) is 11.2 Å². The van der Waals surface area contributed by atoms with Gasteiger partial charge in [0.25, 0.3) is 5.91 Å². The van der Waals surface area contributed by atoms with Crippen LogP contribution in [0, 0.1) is 11.3 Å². The Morgan fingerprint density at radius 1 is 0.933 bits per heavy atom. The fourth-order valence-electron chi connectivity index (χ4n) is 3.49. The topological polar surface area (TPSA) is 109 Å². The van der Waals surface area contributed by atoms with Crippen molar-refractivity contribution in [2.75, 3.05) is 0 Å². The number of primary amides is 1. The molecule has 3 N–H and O–H groups in total. The SMILES string of the molecule is N#Cc1ccc(C[C@H](NC(=O)c2c3ccccc3nc3ccccc23)C(N)=O)cc1. The smallest absolute Gasteiger partial charge is 0.253 e. The van der Waals surface area contributed by atoms with Crippen LogP contribution in [0.15, 0.2) is 72.8 Å². The van der Waals surface area contributed by atoms with Gasteiger partial charge in [0, 0.05) is 17.2 Å². The van der Waals surface area contributed by atoms with Crippen molar-refractivity contribution in [2.24, 2.45) is 5.73 Å². The first-order valence-electron chi connectivity index (χ1n) is 9.43. The van der Waals surface area contributed by atoms with Crippen molar-refractivity contribution in [1.82, 2.24) is 10.3 Å². The molecule has 1 heterocycles. The lowest BCUT2D eigenvalue weighted by atomic mass is 10.00. The third-order valence-electron chi connectivity index (χ3n) is 4.99. The largest absolute Gasteiger partial charge is 0.368 e. The number of benzene rings is 3. The average molecular weight is 394 g/mol. The average Bonchev–Trinajstić information content (AvgIpc) is 2.77. The summed E-state index contributed by atoms with van der Waals surface area (Å²) in [6.45, 7) is 0. The number of nitrogens with two attached hydrogens (primary N) is 1. The van der Waals surface area contributed by atoms with E-state index in [0.29, 0.717) is 32.9 Å². The minimum atomic E-state index is -0.892. The van der Waals surface area contributed by atoms with Gasteiger partial charge in [-0.15, -0.1) is 0 Å². The molecule has 6 nitrogen and oxygen atoms in total. The van der Waals surface area contributed by atoms with Crippen LogP contribution in [-0.4, -0.2) is 22.8 Å². The monoisotopic (exact) mass is 394 g/mol. The molecule has 1 aromatic heterocycles. The molecule has 0 radical (unpaired) electrons. The molecular formula is C24H18N4O2. The van der Waals surface area contributed by atoms with Crippen LogP contribution in [0.4, 0.5) is 0 Å². The molecule has 0 unspecified atom stereocenters. The third kappa shape index (κ3) is 3.69. The van der Waals surface area contributed by atoms with Crippen LogP contribution < -0.4 is 11.1 Å². The Balaban J connectivity index is 1.71. The predicted octanol–water partition coefficient (Wildman–Crippen LogP) is 3.09. The van der Waals surface area contributed by atoms with Crippen molar-refractivity contribution in [1.29, 1.82) is 5.26 Å². The van der Waals surface area contributed by atoms with Crippen LogP contribution in [0.25, 0.3) is 21.8 Å². The lowest BCUT2D eigenvalue weighted by Crippen LogP contribution is -2.46. The summed E-state index contributed by atoms with van der Waals surface area (Å²) >= 11 is 0. The van der Waals surface area contributed by atoms with Crippen LogP contribution in [0.3, 0.4) is 0 Å². The summed E-state index contributed by atoms with van der Waals surface area (Å²) in [5.74, 6) is -1.02. The van der Waals surface area contributed by atoms with E-state index in [0.717, 1.165) is 5.56 Å². The van der Waals surface area contributed by atoms with Gasteiger partial charge in [-0.25, -0.2) is 4.98 Å². The number of pyridine rings is 1. The molecule has 0 fully saturated rings. The van der Waals surface area contributed by atoms with Gasteiger partial charge in [-0.3, -0.25) is 9.59 Å². The number of para-hydroxylation sites is 2. The summed E-state index contributed by atoms with van der Waals surface area (Å²) in [5, 5.41) is 13.1. The highest BCUT2D eigenvalue weighted by atomic mass is 16.2. The lowest BCUT2D eigenvalue weighted by molar-refractivity contribution is -0.119. The molecule has 0 aliphatic carbocycles. The molecule has 3 aromatic carbocycles. The second-order valence-corrected chi connectivity index (χ2v) is 6.96. The Kier molecular flexibility index (Phi) is 5.10. The fraction of sp³-hybridized carbons (Fsp3) is 0.0833. The van der Waals surface area contributed by atoms with E-state index in [-0.39, 0.29) is 12.3 Å². The lowest BCUT2D eigenvalue weighted by Gasteiger charge is -2.17. The first kappa shape index (κ1) is 19.1. The van der Waals surface area contributed by atoms with Crippen molar-refractivity contribution < 1.29 is 9.59 Å². The molecule has 6 heteroatoms. The second-order valence-electron chi connectivity index (χ2n) is 6.96. The Morgan fingerprint density at radius 3 is 2.03 bits per heavy atom. The number of carbonyl (C=O) groups is 2. The highest BCUT2D eigenvalue weighted by molar-refractivity contribution is 6.16. The molecule has 146 valence electrons. The third-order valence-corrected chi connectivity index (χ3v) is 4.99. The first-order chi connectivity index (χ1) is 14.6. The van der Waals surface area contributed by atoms with Gasteiger partial charge < -0.3 is 11.1 Å². The number of hydrogen-bond acceptors (Lipinski definition) is 4. The highest BCUT2D eigenvalue weighted by Crippen LogP contribution is 2.26. The molecule has 0 saturated carbocycles. The zero-order chi connectivity index (χ0) is 21.1. The highest BCUT2D eigenvalue weighted by Gasteiger charge is 2.22. The zero-order valence-corrected chi connectivity index (χ0v) is 16.0. The number of nitrogens with zero attached hydrogens (tertiary/aromatic N) is 2. The van der Waals surface area contributed by atoms with E-state index in [4.69, 9.17) is 11.0 Å². The first-order valence-corrected chi connectivity index (χ1v) is 9.43. The summed E-state index contributed by atoms with van der Waals surface area (Å²) in [5.41, 5.74) is 8.75. The van der Waals surface area contributed by atoms with Crippen LogP contribution >= 0.6 is 0 Å². The minimum absolute atomic E-state index is 0.230. The molecule has 1 atom stereocenters. The summed E-state index contributed by atoms with van der Waals surface area (Å²) < 4.78 is 0. The van der Waals surface area contributed by atoms with Crippen LogP contribution in [0.1, 0.15) is 21.5 Å². The molecule has 4 aromatic rings.